The van der Waals surface area contributed by atoms with Crippen LogP contribution in [0, 0.1) is 10.1 Å². The molecule has 100 valence electrons. The van der Waals surface area contributed by atoms with E-state index in [4.69, 9.17) is 0 Å². The monoisotopic (exact) mass is 251 g/mol. The lowest BCUT2D eigenvalue weighted by Gasteiger charge is -2.18. The highest BCUT2D eigenvalue weighted by molar-refractivity contribution is 5.32. The van der Waals surface area contributed by atoms with E-state index in [0.29, 0.717) is 6.04 Å². The Bertz CT molecular complexity index is 376. The molecule has 1 aromatic rings. The van der Waals surface area contributed by atoms with Crippen LogP contribution in [-0.2, 0) is 6.42 Å². The molecule has 0 aliphatic heterocycles. The number of nitro groups is 1. The molecule has 0 aliphatic rings. The van der Waals surface area contributed by atoms with Crippen LogP contribution in [0.1, 0.15) is 12.5 Å². The van der Waals surface area contributed by atoms with Gasteiger partial charge in [0.15, 0.2) is 0 Å². The highest BCUT2D eigenvalue weighted by atomic mass is 16.6. The van der Waals surface area contributed by atoms with E-state index in [1.165, 1.54) is 0 Å². The van der Waals surface area contributed by atoms with Gasteiger partial charge in [-0.1, -0.05) is 12.1 Å². The lowest BCUT2D eigenvalue weighted by molar-refractivity contribution is -0.384. The van der Waals surface area contributed by atoms with E-state index in [1.807, 2.05) is 12.1 Å². The molecule has 18 heavy (non-hydrogen) atoms. The van der Waals surface area contributed by atoms with Crippen LogP contribution in [0.3, 0.4) is 0 Å². The van der Waals surface area contributed by atoms with Crippen molar-refractivity contribution in [3.05, 3.63) is 39.9 Å². The second kappa shape index (κ2) is 7.08. The van der Waals surface area contributed by atoms with Crippen molar-refractivity contribution in [3.8, 4) is 0 Å². The smallest absolute Gasteiger partial charge is 0.269 e. The van der Waals surface area contributed by atoms with Gasteiger partial charge in [0, 0.05) is 24.7 Å². The van der Waals surface area contributed by atoms with Gasteiger partial charge in [0.05, 0.1) is 4.92 Å². The summed E-state index contributed by atoms with van der Waals surface area (Å²) in [5, 5.41) is 13.9. The molecule has 0 saturated heterocycles. The van der Waals surface area contributed by atoms with E-state index in [9.17, 15) is 10.1 Å². The molecule has 0 amide bonds. The molecule has 0 heterocycles. The summed E-state index contributed by atoms with van der Waals surface area (Å²) in [7, 11) is 4.10. The van der Waals surface area contributed by atoms with Crippen molar-refractivity contribution >= 4 is 5.69 Å². The number of hydrogen-bond acceptors (Lipinski definition) is 4. The summed E-state index contributed by atoms with van der Waals surface area (Å²) < 4.78 is 0. The number of nitro benzene ring substituents is 1. The maximum Gasteiger partial charge on any atom is 0.269 e. The minimum absolute atomic E-state index is 0.146. The first-order valence-electron chi connectivity index (χ1n) is 6.10. The lowest BCUT2D eigenvalue weighted by Crippen LogP contribution is -2.36. The van der Waals surface area contributed by atoms with Crippen molar-refractivity contribution in [3.63, 3.8) is 0 Å². The maximum absolute atomic E-state index is 10.5. The van der Waals surface area contributed by atoms with Gasteiger partial charge in [-0.3, -0.25) is 10.1 Å². The maximum atomic E-state index is 10.5. The zero-order chi connectivity index (χ0) is 13.5. The third-order valence-corrected chi connectivity index (χ3v) is 2.69. The molecule has 1 atom stereocenters. The molecule has 1 N–H and O–H groups in total. The number of benzene rings is 1. The largest absolute Gasteiger partial charge is 0.313 e. The molecule has 1 aromatic carbocycles. The molecular formula is C13H21N3O2. The SMILES string of the molecule is CC(CN(C)C)NCCc1ccc([N+](=O)[O-])cc1. The van der Waals surface area contributed by atoms with Crippen molar-refractivity contribution in [2.75, 3.05) is 27.2 Å². The number of likely N-dealkylation sites (N-methyl/N-ethyl adjacent to an activating group) is 1. The van der Waals surface area contributed by atoms with Gasteiger partial charge in [0.2, 0.25) is 0 Å². The summed E-state index contributed by atoms with van der Waals surface area (Å²) in [6, 6.07) is 7.18. The Labute approximate surface area is 108 Å². The predicted octanol–water partition coefficient (Wildman–Crippen LogP) is 1.68. The van der Waals surface area contributed by atoms with Crippen LogP contribution in [0.15, 0.2) is 24.3 Å². The average molecular weight is 251 g/mol. The fourth-order valence-electron chi connectivity index (χ4n) is 1.86. The first-order valence-corrected chi connectivity index (χ1v) is 6.10. The molecule has 1 rings (SSSR count). The number of non-ortho nitro benzene ring substituents is 1. The highest BCUT2D eigenvalue weighted by Crippen LogP contribution is 2.11. The number of rotatable bonds is 7. The minimum Gasteiger partial charge on any atom is -0.313 e. The van der Waals surface area contributed by atoms with Gasteiger partial charge in [0.25, 0.3) is 5.69 Å². The van der Waals surface area contributed by atoms with Gasteiger partial charge in [-0.05, 0) is 39.5 Å². The fourth-order valence-corrected chi connectivity index (χ4v) is 1.86. The van der Waals surface area contributed by atoms with Gasteiger partial charge in [-0.2, -0.15) is 0 Å². The van der Waals surface area contributed by atoms with Crippen LogP contribution in [0.25, 0.3) is 0 Å². The Morgan fingerprint density at radius 1 is 1.33 bits per heavy atom. The van der Waals surface area contributed by atoms with E-state index < -0.39 is 0 Å². The van der Waals surface area contributed by atoms with E-state index in [1.54, 1.807) is 12.1 Å². The zero-order valence-corrected chi connectivity index (χ0v) is 11.2. The van der Waals surface area contributed by atoms with Gasteiger partial charge in [-0.25, -0.2) is 0 Å². The topological polar surface area (TPSA) is 58.4 Å². The second-order valence-electron chi connectivity index (χ2n) is 4.79. The molecule has 0 fully saturated rings. The van der Waals surface area contributed by atoms with E-state index in [0.717, 1.165) is 25.1 Å². The molecule has 0 saturated carbocycles. The fraction of sp³-hybridized carbons (Fsp3) is 0.538. The van der Waals surface area contributed by atoms with Crippen LogP contribution >= 0.6 is 0 Å². The number of hydrogen-bond donors (Lipinski definition) is 1. The van der Waals surface area contributed by atoms with Crippen molar-refractivity contribution in [2.45, 2.75) is 19.4 Å². The van der Waals surface area contributed by atoms with Crippen molar-refractivity contribution in [1.29, 1.82) is 0 Å². The first-order chi connectivity index (χ1) is 8.49. The Balaban J connectivity index is 2.33. The molecular weight excluding hydrogens is 230 g/mol. The zero-order valence-electron chi connectivity index (χ0n) is 11.2. The Hall–Kier alpha value is -1.46. The third kappa shape index (κ3) is 5.25. The van der Waals surface area contributed by atoms with Crippen LogP contribution in [0.2, 0.25) is 0 Å². The Kier molecular flexibility index (Phi) is 5.74. The van der Waals surface area contributed by atoms with Crippen LogP contribution in [-0.4, -0.2) is 43.0 Å². The van der Waals surface area contributed by atoms with Gasteiger partial charge in [-0.15, -0.1) is 0 Å². The van der Waals surface area contributed by atoms with E-state index in [2.05, 4.69) is 31.2 Å². The molecule has 0 aromatic heterocycles. The lowest BCUT2D eigenvalue weighted by atomic mass is 10.1. The normalized spacial score (nSPS) is 12.7. The molecule has 0 spiro atoms. The van der Waals surface area contributed by atoms with Crippen LogP contribution < -0.4 is 5.32 Å². The van der Waals surface area contributed by atoms with Gasteiger partial charge >= 0.3 is 0 Å². The molecule has 5 nitrogen and oxygen atoms in total. The van der Waals surface area contributed by atoms with Gasteiger partial charge in [0.1, 0.15) is 0 Å². The summed E-state index contributed by atoms with van der Waals surface area (Å²) in [5.41, 5.74) is 1.26. The number of nitrogens with zero attached hydrogens (tertiary/aromatic N) is 2. The standard InChI is InChI=1S/C13H21N3O2/c1-11(10-15(2)3)14-9-8-12-4-6-13(7-5-12)16(17)18/h4-7,11,14H,8-10H2,1-3H3. The van der Waals surface area contributed by atoms with Crippen molar-refractivity contribution in [1.82, 2.24) is 10.2 Å². The van der Waals surface area contributed by atoms with Gasteiger partial charge < -0.3 is 10.2 Å². The average Bonchev–Trinajstić information content (AvgIpc) is 2.28. The molecule has 1 unspecified atom stereocenters. The number of nitrogens with one attached hydrogen (secondary N) is 1. The van der Waals surface area contributed by atoms with Crippen molar-refractivity contribution < 1.29 is 4.92 Å². The first kappa shape index (κ1) is 14.6. The predicted molar refractivity (Wildman–Crippen MR) is 72.8 cm³/mol. The summed E-state index contributed by atoms with van der Waals surface area (Å²) in [5.74, 6) is 0. The summed E-state index contributed by atoms with van der Waals surface area (Å²) in [6.45, 7) is 4.03. The Morgan fingerprint density at radius 3 is 2.44 bits per heavy atom. The highest BCUT2D eigenvalue weighted by Gasteiger charge is 2.05. The third-order valence-electron chi connectivity index (χ3n) is 2.69. The summed E-state index contributed by atoms with van der Waals surface area (Å²) in [6.07, 6.45) is 0.885. The molecule has 5 heteroatoms. The van der Waals surface area contributed by atoms with Crippen molar-refractivity contribution in [2.24, 2.45) is 0 Å². The van der Waals surface area contributed by atoms with E-state index in [-0.39, 0.29) is 10.6 Å². The van der Waals surface area contributed by atoms with Crippen LogP contribution in [0.5, 0.6) is 0 Å². The molecule has 0 radical (unpaired) electrons. The van der Waals surface area contributed by atoms with Crippen LogP contribution in [0.4, 0.5) is 5.69 Å². The summed E-state index contributed by atoms with van der Waals surface area (Å²) >= 11 is 0. The quantitative estimate of drug-likeness (QED) is 0.591. The minimum atomic E-state index is -0.374. The van der Waals surface area contributed by atoms with E-state index >= 15 is 0 Å². The summed E-state index contributed by atoms with van der Waals surface area (Å²) in [4.78, 5) is 12.3. The molecule has 0 aliphatic carbocycles. The molecule has 0 bridgehead atoms. The second-order valence-corrected chi connectivity index (χ2v) is 4.79. The Morgan fingerprint density at radius 2 is 1.94 bits per heavy atom.